The van der Waals surface area contributed by atoms with Crippen LogP contribution in [-0.4, -0.2) is 17.1 Å². The molecule has 3 unspecified atom stereocenters. The Bertz CT molecular complexity index is 495. The number of amides is 1. The Hall–Kier alpha value is -1.97. The molecule has 2 aliphatic carbocycles. The number of fused-ring (bicyclic) bond motifs is 2. The van der Waals surface area contributed by atoms with Crippen LogP contribution in [0.3, 0.4) is 0 Å². The number of pyridine rings is 1. The molecule has 18 heavy (non-hydrogen) atoms. The maximum atomic E-state index is 11.7. The van der Waals surface area contributed by atoms with E-state index in [1.54, 1.807) is 18.3 Å². The molecule has 2 bridgehead atoms. The van der Waals surface area contributed by atoms with Gasteiger partial charge in [0.2, 0.25) is 0 Å². The van der Waals surface area contributed by atoms with Crippen molar-refractivity contribution in [2.24, 2.45) is 22.9 Å². The van der Waals surface area contributed by atoms with Gasteiger partial charge in [0.05, 0.1) is 5.56 Å². The van der Waals surface area contributed by atoms with Crippen LogP contribution >= 0.6 is 0 Å². The molecule has 1 N–H and O–H groups in total. The first kappa shape index (κ1) is 11.1. The highest BCUT2D eigenvalue weighted by Crippen LogP contribution is 2.42. The largest absolute Gasteiger partial charge is 0.272 e. The van der Waals surface area contributed by atoms with Gasteiger partial charge in [-0.1, -0.05) is 12.2 Å². The Kier molecular flexibility index (Phi) is 2.92. The summed E-state index contributed by atoms with van der Waals surface area (Å²) in [5, 5.41) is 4.06. The molecule has 1 saturated carbocycles. The topological polar surface area (TPSA) is 54.4 Å². The summed E-state index contributed by atoms with van der Waals surface area (Å²) in [6, 6.07) is 3.46. The van der Waals surface area contributed by atoms with Gasteiger partial charge in [-0.2, -0.15) is 5.10 Å². The number of carbonyl (C=O) groups excluding carboxylic acids is 1. The van der Waals surface area contributed by atoms with E-state index in [0.717, 1.165) is 12.3 Å². The van der Waals surface area contributed by atoms with Gasteiger partial charge in [0.1, 0.15) is 0 Å². The van der Waals surface area contributed by atoms with Crippen LogP contribution in [0, 0.1) is 17.8 Å². The van der Waals surface area contributed by atoms with Gasteiger partial charge in [0, 0.05) is 24.5 Å². The lowest BCUT2D eigenvalue weighted by Crippen LogP contribution is -2.19. The van der Waals surface area contributed by atoms with Crippen molar-refractivity contribution in [2.75, 3.05) is 0 Å². The SMILES string of the molecule is O=C(N/N=C/C1CC2C=CC1C2)c1cccnc1. The van der Waals surface area contributed by atoms with Crippen LogP contribution in [0.1, 0.15) is 23.2 Å². The van der Waals surface area contributed by atoms with Crippen molar-refractivity contribution in [3.8, 4) is 0 Å². The summed E-state index contributed by atoms with van der Waals surface area (Å²) in [5.41, 5.74) is 3.08. The molecular weight excluding hydrogens is 226 g/mol. The van der Waals surface area contributed by atoms with Gasteiger partial charge in [-0.3, -0.25) is 9.78 Å². The van der Waals surface area contributed by atoms with Gasteiger partial charge in [-0.15, -0.1) is 0 Å². The van der Waals surface area contributed by atoms with Crippen molar-refractivity contribution in [1.82, 2.24) is 10.4 Å². The van der Waals surface area contributed by atoms with Crippen molar-refractivity contribution in [2.45, 2.75) is 12.8 Å². The van der Waals surface area contributed by atoms with Gasteiger partial charge < -0.3 is 0 Å². The molecule has 92 valence electrons. The van der Waals surface area contributed by atoms with E-state index < -0.39 is 0 Å². The van der Waals surface area contributed by atoms with E-state index in [1.807, 2.05) is 6.21 Å². The zero-order chi connectivity index (χ0) is 12.4. The first-order valence-electron chi connectivity index (χ1n) is 6.25. The molecule has 0 spiro atoms. The summed E-state index contributed by atoms with van der Waals surface area (Å²) in [5.74, 6) is 1.61. The Morgan fingerprint density at radius 2 is 2.39 bits per heavy atom. The third kappa shape index (κ3) is 2.18. The van der Waals surface area contributed by atoms with Gasteiger partial charge in [-0.25, -0.2) is 5.43 Å². The Morgan fingerprint density at radius 3 is 3.06 bits per heavy atom. The van der Waals surface area contributed by atoms with Crippen LogP contribution < -0.4 is 5.43 Å². The first-order valence-corrected chi connectivity index (χ1v) is 6.25. The lowest BCUT2D eigenvalue weighted by molar-refractivity contribution is 0.0954. The summed E-state index contributed by atoms with van der Waals surface area (Å²) in [4.78, 5) is 15.6. The molecule has 1 heterocycles. The van der Waals surface area contributed by atoms with Gasteiger partial charge in [-0.05, 0) is 36.8 Å². The average Bonchev–Trinajstić information content (AvgIpc) is 3.02. The second kappa shape index (κ2) is 4.72. The molecule has 1 aromatic rings. The standard InChI is InChI=1S/C14H15N3O/c18-14(12-2-1-5-15-8-12)17-16-9-13-7-10-3-4-11(13)6-10/h1-5,8-11,13H,6-7H2,(H,17,18)/b16-9+. The van der Waals surface area contributed by atoms with E-state index >= 15 is 0 Å². The fourth-order valence-corrected chi connectivity index (χ4v) is 2.75. The fraction of sp³-hybridized carbons (Fsp3) is 0.357. The molecule has 2 aliphatic rings. The monoisotopic (exact) mass is 241 g/mol. The van der Waals surface area contributed by atoms with Crippen LogP contribution in [0.25, 0.3) is 0 Å². The second-order valence-corrected chi connectivity index (χ2v) is 4.90. The lowest BCUT2D eigenvalue weighted by Gasteiger charge is -2.11. The smallest absolute Gasteiger partial charge is 0.267 e. The summed E-state index contributed by atoms with van der Waals surface area (Å²) < 4.78 is 0. The van der Waals surface area contributed by atoms with E-state index in [0.29, 0.717) is 17.4 Å². The Morgan fingerprint density at radius 1 is 1.44 bits per heavy atom. The number of hydrogen-bond acceptors (Lipinski definition) is 3. The zero-order valence-corrected chi connectivity index (χ0v) is 9.99. The van der Waals surface area contributed by atoms with Gasteiger partial charge >= 0.3 is 0 Å². The van der Waals surface area contributed by atoms with Crippen molar-refractivity contribution in [3.05, 3.63) is 42.2 Å². The molecule has 1 fully saturated rings. The molecule has 0 radical (unpaired) electrons. The molecule has 0 saturated heterocycles. The molecule has 0 aliphatic heterocycles. The predicted molar refractivity (Wildman–Crippen MR) is 69.0 cm³/mol. The third-order valence-corrected chi connectivity index (χ3v) is 3.69. The highest BCUT2D eigenvalue weighted by Gasteiger charge is 2.34. The molecule has 3 atom stereocenters. The number of nitrogens with one attached hydrogen (secondary N) is 1. The van der Waals surface area contributed by atoms with E-state index in [2.05, 4.69) is 27.7 Å². The summed E-state index contributed by atoms with van der Waals surface area (Å²) in [6.45, 7) is 0. The number of allylic oxidation sites excluding steroid dienone is 2. The van der Waals surface area contributed by atoms with Crippen LogP contribution in [0.5, 0.6) is 0 Å². The normalized spacial score (nSPS) is 29.0. The van der Waals surface area contributed by atoms with E-state index in [4.69, 9.17) is 0 Å². The molecule has 1 amide bonds. The third-order valence-electron chi connectivity index (χ3n) is 3.69. The van der Waals surface area contributed by atoms with Crippen LogP contribution in [0.2, 0.25) is 0 Å². The number of carbonyl (C=O) groups is 1. The van der Waals surface area contributed by atoms with Crippen LogP contribution in [0.4, 0.5) is 0 Å². The number of nitrogens with zero attached hydrogens (tertiary/aromatic N) is 2. The van der Waals surface area contributed by atoms with Crippen molar-refractivity contribution in [1.29, 1.82) is 0 Å². The van der Waals surface area contributed by atoms with E-state index in [9.17, 15) is 4.79 Å². The number of hydrazone groups is 1. The lowest BCUT2D eigenvalue weighted by atomic mass is 9.95. The summed E-state index contributed by atoms with van der Waals surface area (Å²) >= 11 is 0. The molecule has 3 rings (SSSR count). The van der Waals surface area contributed by atoms with Crippen molar-refractivity contribution < 1.29 is 4.79 Å². The minimum atomic E-state index is -0.210. The molecule has 1 aromatic heterocycles. The highest BCUT2D eigenvalue weighted by molar-refractivity contribution is 5.93. The number of hydrogen-bond donors (Lipinski definition) is 1. The van der Waals surface area contributed by atoms with E-state index in [-0.39, 0.29) is 5.91 Å². The van der Waals surface area contributed by atoms with Gasteiger partial charge in [0.25, 0.3) is 5.91 Å². The van der Waals surface area contributed by atoms with Crippen LogP contribution in [-0.2, 0) is 0 Å². The van der Waals surface area contributed by atoms with Gasteiger partial charge in [0.15, 0.2) is 0 Å². The second-order valence-electron chi connectivity index (χ2n) is 4.90. The van der Waals surface area contributed by atoms with Crippen molar-refractivity contribution >= 4 is 12.1 Å². The van der Waals surface area contributed by atoms with Crippen molar-refractivity contribution in [3.63, 3.8) is 0 Å². The number of rotatable bonds is 3. The zero-order valence-electron chi connectivity index (χ0n) is 9.99. The quantitative estimate of drug-likeness (QED) is 0.500. The maximum Gasteiger partial charge on any atom is 0.272 e. The fourth-order valence-electron chi connectivity index (χ4n) is 2.75. The number of aromatic nitrogens is 1. The Balaban J connectivity index is 1.55. The average molecular weight is 241 g/mol. The molecule has 4 nitrogen and oxygen atoms in total. The van der Waals surface area contributed by atoms with Crippen LogP contribution in [0.15, 0.2) is 41.8 Å². The highest BCUT2D eigenvalue weighted by atomic mass is 16.2. The van der Waals surface area contributed by atoms with E-state index in [1.165, 1.54) is 12.6 Å². The molecular formula is C14H15N3O. The molecule has 4 heteroatoms. The summed E-state index contributed by atoms with van der Waals surface area (Å²) in [6.07, 6.45) is 12.0. The minimum absolute atomic E-state index is 0.210. The maximum absolute atomic E-state index is 11.7. The predicted octanol–water partition coefficient (Wildman–Crippen LogP) is 2.01. The molecule has 0 aromatic carbocycles. The Labute approximate surface area is 106 Å². The first-order chi connectivity index (χ1) is 8.83. The summed E-state index contributed by atoms with van der Waals surface area (Å²) in [7, 11) is 0. The minimum Gasteiger partial charge on any atom is -0.267 e.